The first-order chi connectivity index (χ1) is 7.22. The van der Waals surface area contributed by atoms with Crippen molar-refractivity contribution in [1.29, 1.82) is 0 Å². The van der Waals surface area contributed by atoms with Crippen LogP contribution in [0.15, 0.2) is 18.2 Å². The zero-order valence-electron chi connectivity index (χ0n) is 9.42. The van der Waals surface area contributed by atoms with Gasteiger partial charge in [0.2, 0.25) is 5.91 Å². The molecule has 2 heteroatoms. The summed E-state index contributed by atoms with van der Waals surface area (Å²) in [6.07, 6.45) is 3.79. The van der Waals surface area contributed by atoms with Crippen LogP contribution in [-0.4, -0.2) is 13.0 Å². The molecule has 0 saturated heterocycles. The minimum Gasteiger partial charge on any atom is -0.315 e. The van der Waals surface area contributed by atoms with Crippen molar-refractivity contribution in [2.24, 2.45) is 0 Å². The van der Waals surface area contributed by atoms with E-state index in [0.717, 1.165) is 24.9 Å². The van der Waals surface area contributed by atoms with E-state index in [1.807, 2.05) is 7.05 Å². The van der Waals surface area contributed by atoms with Crippen molar-refractivity contribution >= 4 is 11.6 Å². The molecule has 2 nitrogen and oxygen atoms in total. The summed E-state index contributed by atoms with van der Waals surface area (Å²) in [5, 5.41) is 0. The molecule has 0 aliphatic carbocycles. The minimum absolute atomic E-state index is 0.233. The van der Waals surface area contributed by atoms with Gasteiger partial charge in [-0.05, 0) is 30.0 Å². The number of aryl methyl sites for hydroxylation is 2. The summed E-state index contributed by atoms with van der Waals surface area (Å²) in [4.78, 5) is 13.3. The van der Waals surface area contributed by atoms with Crippen LogP contribution in [0.25, 0.3) is 0 Å². The average Bonchev–Trinajstić information content (AvgIpc) is 2.25. The van der Waals surface area contributed by atoms with Crippen LogP contribution in [0.1, 0.15) is 30.9 Å². The minimum atomic E-state index is 0.233. The Hall–Kier alpha value is -1.31. The van der Waals surface area contributed by atoms with E-state index in [1.165, 1.54) is 11.1 Å². The third kappa shape index (κ3) is 1.89. The SMILES string of the molecule is CCCc1ccc2c(c1)N(C)C(=O)CC2. The molecule has 0 radical (unpaired) electrons. The lowest BCUT2D eigenvalue weighted by atomic mass is 9.98. The van der Waals surface area contributed by atoms with Gasteiger partial charge in [0.1, 0.15) is 0 Å². The number of anilines is 1. The molecule has 1 heterocycles. The van der Waals surface area contributed by atoms with Crippen LogP contribution < -0.4 is 4.90 Å². The van der Waals surface area contributed by atoms with Gasteiger partial charge in [-0.1, -0.05) is 25.5 Å². The Morgan fingerprint density at radius 1 is 1.33 bits per heavy atom. The van der Waals surface area contributed by atoms with Gasteiger partial charge >= 0.3 is 0 Å². The molecule has 0 spiro atoms. The van der Waals surface area contributed by atoms with E-state index in [0.29, 0.717) is 6.42 Å². The second-order valence-electron chi connectivity index (χ2n) is 4.17. The van der Waals surface area contributed by atoms with Crippen molar-refractivity contribution in [2.75, 3.05) is 11.9 Å². The van der Waals surface area contributed by atoms with E-state index in [2.05, 4.69) is 25.1 Å². The standard InChI is InChI=1S/C13H17NO/c1-3-4-10-5-6-11-7-8-13(15)14(2)12(11)9-10/h5-6,9H,3-4,7-8H2,1-2H3. The third-order valence-corrected chi connectivity index (χ3v) is 3.03. The predicted molar refractivity (Wildman–Crippen MR) is 62.2 cm³/mol. The van der Waals surface area contributed by atoms with Crippen LogP contribution >= 0.6 is 0 Å². The van der Waals surface area contributed by atoms with E-state index in [4.69, 9.17) is 0 Å². The molecule has 1 aromatic carbocycles. The normalized spacial score (nSPS) is 15.3. The number of carbonyl (C=O) groups excluding carboxylic acids is 1. The van der Waals surface area contributed by atoms with Crippen LogP contribution in [0, 0.1) is 0 Å². The first kappa shape index (κ1) is 10.2. The lowest BCUT2D eigenvalue weighted by molar-refractivity contribution is -0.118. The first-order valence-corrected chi connectivity index (χ1v) is 5.60. The van der Waals surface area contributed by atoms with Crippen LogP contribution in [-0.2, 0) is 17.6 Å². The Labute approximate surface area is 90.9 Å². The maximum Gasteiger partial charge on any atom is 0.227 e. The van der Waals surface area contributed by atoms with E-state index >= 15 is 0 Å². The highest BCUT2D eigenvalue weighted by Gasteiger charge is 2.20. The Balaban J connectivity index is 2.36. The Morgan fingerprint density at radius 2 is 2.13 bits per heavy atom. The van der Waals surface area contributed by atoms with Gasteiger partial charge in [-0.25, -0.2) is 0 Å². The van der Waals surface area contributed by atoms with Crippen molar-refractivity contribution in [3.63, 3.8) is 0 Å². The molecule has 1 aromatic rings. The van der Waals surface area contributed by atoms with E-state index < -0.39 is 0 Å². The fourth-order valence-corrected chi connectivity index (χ4v) is 2.12. The monoisotopic (exact) mass is 203 g/mol. The molecular formula is C13H17NO. The molecule has 1 amide bonds. The summed E-state index contributed by atoms with van der Waals surface area (Å²) >= 11 is 0. The summed E-state index contributed by atoms with van der Waals surface area (Å²) in [5.41, 5.74) is 3.74. The smallest absolute Gasteiger partial charge is 0.227 e. The highest BCUT2D eigenvalue weighted by molar-refractivity contribution is 5.95. The van der Waals surface area contributed by atoms with Crippen LogP contribution in [0.4, 0.5) is 5.69 Å². The molecule has 1 aliphatic rings. The van der Waals surface area contributed by atoms with Gasteiger partial charge < -0.3 is 4.90 Å². The third-order valence-electron chi connectivity index (χ3n) is 3.03. The van der Waals surface area contributed by atoms with Gasteiger partial charge in [0.25, 0.3) is 0 Å². The van der Waals surface area contributed by atoms with Crippen molar-refractivity contribution in [1.82, 2.24) is 0 Å². The summed E-state index contributed by atoms with van der Waals surface area (Å²) in [5.74, 6) is 0.233. The fraction of sp³-hybridized carbons (Fsp3) is 0.462. The number of benzene rings is 1. The number of hydrogen-bond donors (Lipinski definition) is 0. The number of carbonyl (C=O) groups is 1. The number of hydrogen-bond acceptors (Lipinski definition) is 1. The lowest BCUT2D eigenvalue weighted by Crippen LogP contribution is -2.31. The number of nitrogens with zero attached hydrogens (tertiary/aromatic N) is 1. The molecule has 0 unspecified atom stereocenters. The highest BCUT2D eigenvalue weighted by atomic mass is 16.2. The summed E-state index contributed by atoms with van der Waals surface area (Å²) < 4.78 is 0. The van der Waals surface area contributed by atoms with Gasteiger partial charge in [-0.3, -0.25) is 4.79 Å². The number of amides is 1. The van der Waals surface area contributed by atoms with Gasteiger partial charge in [0.05, 0.1) is 0 Å². The highest BCUT2D eigenvalue weighted by Crippen LogP contribution is 2.27. The lowest BCUT2D eigenvalue weighted by Gasteiger charge is -2.26. The van der Waals surface area contributed by atoms with E-state index in [9.17, 15) is 4.79 Å². The molecular weight excluding hydrogens is 186 g/mol. The molecule has 0 fully saturated rings. The molecule has 2 rings (SSSR count). The topological polar surface area (TPSA) is 20.3 Å². The van der Waals surface area contributed by atoms with Crippen molar-refractivity contribution < 1.29 is 4.79 Å². The van der Waals surface area contributed by atoms with Gasteiger partial charge in [-0.15, -0.1) is 0 Å². The van der Waals surface area contributed by atoms with Crippen molar-refractivity contribution in [3.05, 3.63) is 29.3 Å². The maximum absolute atomic E-state index is 11.6. The molecule has 80 valence electrons. The number of rotatable bonds is 2. The van der Waals surface area contributed by atoms with Crippen LogP contribution in [0.5, 0.6) is 0 Å². The average molecular weight is 203 g/mol. The zero-order chi connectivity index (χ0) is 10.8. The molecule has 1 aliphatic heterocycles. The molecule has 0 N–H and O–H groups in total. The molecule has 15 heavy (non-hydrogen) atoms. The second kappa shape index (κ2) is 4.05. The summed E-state index contributed by atoms with van der Waals surface area (Å²) in [7, 11) is 1.87. The fourth-order valence-electron chi connectivity index (χ4n) is 2.12. The van der Waals surface area contributed by atoms with Crippen molar-refractivity contribution in [3.8, 4) is 0 Å². The van der Waals surface area contributed by atoms with Crippen LogP contribution in [0.3, 0.4) is 0 Å². The largest absolute Gasteiger partial charge is 0.315 e. The molecule has 0 atom stereocenters. The molecule has 0 bridgehead atoms. The predicted octanol–water partition coefficient (Wildman–Crippen LogP) is 2.55. The van der Waals surface area contributed by atoms with E-state index in [-0.39, 0.29) is 5.91 Å². The second-order valence-corrected chi connectivity index (χ2v) is 4.17. The maximum atomic E-state index is 11.6. The summed E-state index contributed by atoms with van der Waals surface area (Å²) in [6.45, 7) is 2.17. The molecule has 0 aromatic heterocycles. The number of fused-ring (bicyclic) bond motifs is 1. The summed E-state index contributed by atoms with van der Waals surface area (Å²) in [6, 6.07) is 6.52. The Bertz CT molecular complexity index is 384. The van der Waals surface area contributed by atoms with Gasteiger partial charge in [0, 0.05) is 19.2 Å². The first-order valence-electron chi connectivity index (χ1n) is 5.60. The zero-order valence-corrected chi connectivity index (χ0v) is 9.42. The van der Waals surface area contributed by atoms with Crippen molar-refractivity contribution in [2.45, 2.75) is 32.6 Å². The van der Waals surface area contributed by atoms with Crippen LogP contribution in [0.2, 0.25) is 0 Å². The Kier molecular flexibility index (Phi) is 2.76. The van der Waals surface area contributed by atoms with Gasteiger partial charge in [-0.2, -0.15) is 0 Å². The molecule has 0 saturated carbocycles. The van der Waals surface area contributed by atoms with Gasteiger partial charge in [0.15, 0.2) is 0 Å². The van der Waals surface area contributed by atoms with E-state index in [1.54, 1.807) is 4.90 Å². The quantitative estimate of drug-likeness (QED) is 0.723. The Morgan fingerprint density at radius 3 is 2.87 bits per heavy atom.